The number of benzene rings is 1. The molecule has 3 atom stereocenters. The van der Waals surface area contributed by atoms with Crippen molar-refractivity contribution in [2.75, 3.05) is 6.61 Å². The average molecular weight is 552 g/mol. The molecule has 0 unspecified atom stereocenters. The molecule has 10 nitrogen and oxygen atoms in total. The molecule has 220 valence electrons. The Kier molecular flexibility index (Phi) is 15.8. The Balaban J connectivity index is 2.80. The van der Waals surface area contributed by atoms with Gasteiger partial charge in [-0.25, -0.2) is 4.79 Å². The van der Waals surface area contributed by atoms with Crippen LogP contribution in [0.15, 0.2) is 18.2 Å². The topological polar surface area (TPSA) is 140 Å². The number of hydrogen-bond acceptors (Lipinski definition) is 10. The summed E-state index contributed by atoms with van der Waals surface area (Å²) >= 11 is 0. The summed E-state index contributed by atoms with van der Waals surface area (Å²) in [6, 6.07) is 3.64. The van der Waals surface area contributed by atoms with E-state index in [9.17, 15) is 19.2 Å². The van der Waals surface area contributed by atoms with Crippen molar-refractivity contribution in [3.8, 4) is 11.5 Å². The number of hydrogen-bond donors (Lipinski definition) is 1. The van der Waals surface area contributed by atoms with Crippen LogP contribution in [0.3, 0.4) is 0 Å². The van der Waals surface area contributed by atoms with Gasteiger partial charge in [-0.2, -0.15) is 0 Å². The van der Waals surface area contributed by atoms with Gasteiger partial charge >= 0.3 is 24.1 Å². The van der Waals surface area contributed by atoms with Crippen LogP contribution in [0.2, 0.25) is 0 Å². The normalized spacial score (nSPS) is 13.2. The van der Waals surface area contributed by atoms with Crippen molar-refractivity contribution < 1.29 is 42.9 Å². The predicted octanol–water partition coefficient (Wildman–Crippen LogP) is 5.27. The maximum absolute atomic E-state index is 12.6. The lowest BCUT2D eigenvalue weighted by molar-refractivity contribution is -0.155. The van der Waals surface area contributed by atoms with Gasteiger partial charge in [0.25, 0.3) is 0 Å². The van der Waals surface area contributed by atoms with E-state index in [1.807, 2.05) is 27.7 Å². The zero-order valence-electron chi connectivity index (χ0n) is 24.2. The summed E-state index contributed by atoms with van der Waals surface area (Å²) in [5.41, 5.74) is 6.66. The molecule has 0 amide bonds. The molecular weight excluding hydrogens is 506 g/mol. The number of carbonyl (C=O) groups excluding carboxylic acids is 4. The maximum atomic E-state index is 12.6. The fraction of sp³-hybridized carbons (Fsp3) is 0.655. The van der Waals surface area contributed by atoms with Gasteiger partial charge in [0.15, 0.2) is 11.5 Å². The Morgan fingerprint density at radius 3 is 1.95 bits per heavy atom. The van der Waals surface area contributed by atoms with Gasteiger partial charge < -0.3 is 29.4 Å². The van der Waals surface area contributed by atoms with E-state index in [0.29, 0.717) is 30.7 Å². The van der Waals surface area contributed by atoms with E-state index in [1.54, 1.807) is 19.9 Å². The van der Waals surface area contributed by atoms with E-state index in [1.165, 1.54) is 12.1 Å². The Bertz CT molecular complexity index is 931. The molecule has 0 heterocycles. The first-order valence-electron chi connectivity index (χ1n) is 13.8. The summed E-state index contributed by atoms with van der Waals surface area (Å²) < 4.78 is 26.5. The van der Waals surface area contributed by atoms with E-state index >= 15 is 0 Å². The van der Waals surface area contributed by atoms with Gasteiger partial charge in [0, 0.05) is 12.8 Å². The molecule has 1 rings (SSSR count). The van der Waals surface area contributed by atoms with E-state index in [4.69, 9.17) is 29.4 Å². The molecule has 0 saturated carbocycles. The first-order chi connectivity index (χ1) is 18.5. The molecule has 0 saturated heterocycles. The largest absolute Gasteiger partial charge is 0.508 e. The molecular formula is C29H45NO9. The highest BCUT2D eigenvalue weighted by Crippen LogP contribution is 2.30. The standard InChI is InChI=1S/C29H45NO9/c1-7-9-11-26(31)38-24-14-13-22(18-25(24)39-27(32)12-10-8-2)17-23(30)28(33)36-20(5)21(6)37-29(34)35-16-15-19(3)4/h13-14,18-21,23H,7-12,15-17,30H2,1-6H3/t20-,21-,23-/m0/s1. The summed E-state index contributed by atoms with van der Waals surface area (Å²) in [6.07, 6.45) is 1.92. The molecule has 0 fully saturated rings. The van der Waals surface area contributed by atoms with Gasteiger partial charge in [-0.3, -0.25) is 14.4 Å². The van der Waals surface area contributed by atoms with Crippen LogP contribution >= 0.6 is 0 Å². The minimum absolute atomic E-state index is 0.0710. The molecule has 0 spiro atoms. The van der Waals surface area contributed by atoms with E-state index < -0.39 is 42.3 Å². The van der Waals surface area contributed by atoms with Crippen LogP contribution in [0, 0.1) is 5.92 Å². The summed E-state index contributed by atoms with van der Waals surface area (Å²) in [5.74, 6) is -0.967. The number of nitrogens with two attached hydrogens (primary N) is 1. The second kappa shape index (κ2) is 18.2. The molecule has 1 aromatic rings. The Morgan fingerprint density at radius 1 is 0.821 bits per heavy atom. The van der Waals surface area contributed by atoms with Crippen LogP contribution in [-0.4, -0.2) is 48.9 Å². The lowest BCUT2D eigenvalue weighted by Crippen LogP contribution is -2.39. The molecule has 0 aliphatic heterocycles. The van der Waals surface area contributed by atoms with Gasteiger partial charge in [-0.05, 0) is 63.1 Å². The van der Waals surface area contributed by atoms with Gasteiger partial charge in [0.2, 0.25) is 0 Å². The van der Waals surface area contributed by atoms with Gasteiger partial charge in [0.05, 0.1) is 6.61 Å². The predicted molar refractivity (Wildman–Crippen MR) is 145 cm³/mol. The molecule has 39 heavy (non-hydrogen) atoms. The molecule has 10 heteroatoms. The number of unbranched alkanes of at least 4 members (excludes halogenated alkanes) is 2. The lowest BCUT2D eigenvalue weighted by Gasteiger charge is -2.22. The van der Waals surface area contributed by atoms with Crippen molar-refractivity contribution >= 4 is 24.1 Å². The molecule has 1 aromatic carbocycles. The van der Waals surface area contributed by atoms with Crippen molar-refractivity contribution in [1.29, 1.82) is 0 Å². The van der Waals surface area contributed by atoms with Gasteiger partial charge in [0.1, 0.15) is 18.2 Å². The molecule has 0 bridgehead atoms. The third-order valence-electron chi connectivity index (χ3n) is 5.84. The highest BCUT2D eigenvalue weighted by atomic mass is 16.7. The van der Waals surface area contributed by atoms with Crippen LogP contribution in [0.4, 0.5) is 4.79 Å². The first kappa shape index (κ1) is 33.9. The number of rotatable bonds is 17. The van der Waals surface area contributed by atoms with Gasteiger partial charge in [-0.1, -0.05) is 46.6 Å². The third kappa shape index (κ3) is 14.0. The molecule has 0 radical (unpaired) electrons. The van der Waals surface area contributed by atoms with Crippen LogP contribution < -0.4 is 15.2 Å². The van der Waals surface area contributed by atoms with E-state index in [0.717, 1.165) is 12.8 Å². The van der Waals surface area contributed by atoms with Crippen LogP contribution in [0.25, 0.3) is 0 Å². The van der Waals surface area contributed by atoms with Crippen molar-refractivity contribution in [3.63, 3.8) is 0 Å². The quantitative estimate of drug-likeness (QED) is 0.201. The Hall–Kier alpha value is -3.14. The second-order valence-corrected chi connectivity index (χ2v) is 9.99. The van der Waals surface area contributed by atoms with Crippen molar-refractivity contribution in [3.05, 3.63) is 23.8 Å². The maximum Gasteiger partial charge on any atom is 0.508 e. The first-order valence-corrected chi connectivity index (χ1v) is 13.8. The highest BCUT2D eigenvalue weighted by molar-refractivity contribution is 5.77. The summed E-state index contributed by atoms with van der Waals surface area (Å²) in [5, 5.41) is 0. The monoisotopic (exact) mass is 551 g/mol. The van der Waals surface area contributed by atoms with Gasteiger partial charge in [-0.15, -0.1) is 0 Å². The molecule has 0 aliphatic carbocycles. The zero-order chi connectivity index (χ0) is 29.4. The van der Waals surface area contributed by atoms with Crippen LogP contribution in [-0.2, 0) is 35.0 Å². The Morgan fingerprint density at radius 2 is 1.38 bits per heavy atom. The fourth-order valence-electron chi connectivity index (χ4n) is 3.20. The SMILES string of the molecule is CCCCC(=O)Oc1ccc(C[C@H](N)C(=O)O[C@@H](C)[C@H](C)OC(=O)OCCC(C)C)cc1OC(=O)CCCC. The lowest BCUT2D eigenvalue weighted by atomic mass is 10.1. The Labute approximate surface area is 231 Å². The zero-order valence-corrected chi connectivity index (χ0v) is 24.2. The van der Waals surface area contributed by atoms with E-state index in [-0.39, 0.29) is 37.4 Å². The number of carbonyl (C=O) groups is 4. The van der Waals surface area contributed by atoms with Crippen molar-refractivity contribution in [1.82, 2.24) is 0 Å². The smallest absolute Gasteiger partial charge is 0.458 e. The van der Waals surface area contributed by atoms with Crippen LogP contribution in [0.1, 0.15) is 92.1 Å². The second-order valence-electron chi connectivity index (χ2n) is 9.99. The third-order valence-corrected chi connectivity index (χ3v) is 5.84. The summed E-state index contributed by atoms with van der Waals surface area (Å²) in [7, 11) is 0. The minimum Gasteiger partial charge on any atom is -0.458 e. The summed E-state index contributed by atoms with van der Waals surface area (Å²) in [4.78, 5) is 48.9. The van der Waals surface area contributed by atoms with Crippen LogP contribution in [0.5, 0.6) is 11.5 Å². The molecule has 0 aliphatic rings. The molecule has 0 aromatic heterocycles. The fourth-order valence-corrected chi connectivity index (χ4v) is 3.20. The number of esters is 3. The molecule has 2 N–H and O–H groups in total. The highest BCUT2D eigenvalue weighted by Gasteiger charge is 2.25. The van der Waals surface area contributed by atoms with Crippen molar-refractivity contribution in [2.24, 2.45) is 11.7 Å². The van der Waals surface area contributed by atoms with Crippen molar-refractivity contribution in [2.45, 2.75) is 111 Å². The van der Waals surface area contributed by atoms with E-state index in [2.05, 4.69) is 0 Å². The minimum atomic E-state index is -1.04. The summed E-state index contributed by atoms with van der Waals surface area (Å²) in [6.45, 7) is 11.4. The average Bonchev–Trinajstić information content (AvgIpc) is 2.87. The number of ether oxygens (including phenoxy) is 5.